The normalized spacial score (nSPS) is 20.4. The second-order valence-corrected chi connectivity index (χ2v) is 6.82. The molecule has 0 aliphatic heterocycles. The molecule has 4 heteroatoms. The molecule has 1 heterocycles. The van der Waals surface area contributed by atoms with Crippen molar-refractivity contribution in [3.05, 3.63) is 29.6 Å². The van der Waals surface area contributed by atoms with Crippen molar-refractivity contribution in [1.82, 2.24) is 10.3 Å². The Balaban J connectivity index is 1.90. The number of aromatic nitrogens is 1. The molecule has 110 valence electrons. The number of rotatable bonds is 3. The van der Waals surface area contributed by atoms with Crippen LogP contribution in [0.1, 0.15) is 55.5 Å². The van der Waals surface area contributed by atoms with Crippen LogP contribution in [0.5, 0.6) is 0 Å². The van der Waals surface area contributed by atoms with Crippen LogP contribution in [0.3, 0.4) is 0 Å². The van der Waals surface area contributed by atoms with Gasteiger partial charge in [-0.2, -0.15) is 0 Å². The van der Waals surface area contributed by atoms with E-state index < -0.39 is 5.60 Å². The van der Waals surface area contributed by atoms with Crippen molar-refractivity contribution in [1.29, 1.82) is 0 Å². The van der Waals surface area contributed by atoms with Crippen LogP contribution in [-0.2, 0) is 0 Å². The Morgan fingerprint density at radius 1 is 1.30 bits per heavy atom. The van der Waals surface area contributed by atoms with E-state index in [9.17, 15) is 9.90 Å². The van der Waals surface area contributed by atoms with E-state index in [1.165, 1.54) is 0 Å². The largest absolute Gasteiger partial charge is 0.388 e. The summed E-state index contributed by atoms with van der Waals surface area (Å²) < 4.78 is 0. The lowest BCUT2D eigenvalue weighted by atomic mass is 9.71. The van der Waals surface area contributed by atoms with Gasteiger partial charge in [0.15, 0.2) is 0 Å². The zero-order valence-electron chi connectivity index (χ0n) is 12.6. The van der Waals surface area contributed by atoms with E-state index in [1.807, 2.05) is 6.92 Å². The molecule has 2 N–H and O–H groups in total. The SMILES string of the molecule is Cc1cncc(C(=O)NCC2(O)CCC(C)(C)CC2)c1. The fourth-order valence-electron chi connectivity index (χ4n) is 2.59. The molecule has 1 fully saturated rings. The third-order valence-corrected chi connectivity index (χ3v) is 4.25. The first kappa shape index (κ1) is 15.0. The van der Waals surface area contributed by atoms with Crippen molar-refractivity contribution in [3.8, 4) is 0 Å². The van der Waals surface area contributed by atoms with Crippen LogP contribution < -0.4 is 5.32 Å². The molecule has 20 heavy (non-hydrogen) atoms. The van der Waals surface area contributed by atoms with Crippen LogP contribution in [0, 0.1) is 12.3 Å². The van der Waals surface area contributed by atoms with Crippen LogP contribution in [0.15, 0.2) is 18.5 Å². The zero-order valence-corrected chi connectivity index (χ0v) is 12.6. The van der Waals surface area contributed by atoms with Crippen molar-refractivity contribution < 1.29 is 9.90 Å². The van der Waals surface area contributed by atoms with Gasteiger partial charge in [0.25, 0.3) is 5.91 Å². The maximum atomic E-state index is 12.0. The second-order valence-electron chi connectivity index (χ2n) is 6.82. The van der Waals surface area contributed by atoms with E-state index in [0.29, 0.717) is 17.5 Å². The number of aliphatic hydroxyl groups is 1. The number of nitrogens with zero attached hydrogens (tertiary/aromatic N) is 1. The Kier molecular flexibility index (Phi) is 4.14. The maximum absolute atomic E-state index is 12.0. The molecule has 0 atom stereocenters. The molecule has 1 aliphatic carbocycles. The van der Waals surface area contributed by atoms with Gasteiger partial charge >= 0.3 is 0 Å². The topological polar surface area (TPSA) is 62.2 Å². The van der Waals surface area contributed by atoms with E-state index >= 15 is 0 Å². The van der Waals surface area contributed by atoms with E-state index in [1.54, 1.807) is 18.5 Å². The van der Waals surface area contributed by atoms with Gasteiger partial charge in [0.1, 0.15) is 0 Å². The standard InChI is InChI=1S/C16H24N2O2/c1-12-8-13(10-17-9-12)14(19)18-11-16(20)6-4-15(2,3)5-7-16/h8-10,20H,4-7,11H2,1-3H3,(H,18,19). The molecule has 1 saturated carbocycles. The van der Waals surface area contributed by atoms with Crippen molar-refractivity contribution in [2.24, 2.45) is 5.41 Å². The summed E-state index contributed by atoms with van der Waals surface area (Å²) in [5.41, 5.74) is 1.04. The number of carbonyl (C=O) groups excluding carboxylic acids is 1. The highest BCUT2D eigenvalue weighted by molar-refractivity contribution is 5.94. The third kappa shape index (κ3) is 3.79. The highest BCUT2D eigenvalue weighted by Gasteiger charge is 2.36. The third-order valence-electron chi connectivity index (χ3n) is 4.25. The van der Waals surface area contributed by atoms with E-state index in [2.05, 4.69) is 24.1 Å². The minimum Gasteiger partial charge on any atom is -0.388 e. The number of hydrogen-bond acceptors (Lipinski definition) is 3. The van der Waals surface area contributed by atoms with Gasteiger partial charge in [-0.05, 0) is 49.7 Å². The first-order valence-corrected chi connectivity index (χ1v) is 7.22. The van der Waals surface area contributed by atoms with Gasteiger partial charge in [-0.25, -0.2) is 0 Å². The highest BCUT2D eigenvalue weighted by Crippen LogP contribution is 2.39. The van der Waals surface area contributed by atoms with Gasteiger partial charge in [0.05, 0.1) is 11.2 Å². The van der Waals surface area contributed by atoms with Crippen molar-refractivity contribution in [2.45, 2.75) is 52.1 Å². The molecule has 0 spiro atoms. The van der Waals surface area contributed by atoms with Gasteiger partial charge in [-0.3, -0.25) is 9.78 Å². The number of hydrogen-bond donors (Lipinski definition) is 2. The first-order chi connectivity index (χ1) is 9.30. The van der Waals surface area contributed by atoms with Gasteiger partial charge in [-0.1, -0.05) is 13.8 Å². The Morgan fingerprint density at radius 2 is 1.95 bits per heavy atom. The Hall–Kier alpha value is -1.42. The molecule has 0 aromatic carbocycles. The summed E-state index contributed by atoms with van der Waals surface area (Å²) in [4.78, 5) is 16.1. The van der Waals surface area contributed by atoms with Gasteiger partial charge in [0.2, 0.25) is 0 Å². The molecule has 0 unspecified atom stereocenters. The van der Waals surface area contributed by atoms with Crippen LogP contribution in [0.2, 0.25) is 0 Å². The molecule has 0 radical (unpaired) electrons. The van der Waals surface area contributed by atoms with E-state index in [-0.39, 0.29) is 5.91 Å². The Bertz CT molecular complexity index is 487. The summed E-state index contributed by atoms with van der Waals surface area (Å²) in [5, 5.41) is 13.4. The number of nitrogens with one attached hydrogen (secondary N) is 1. The predicted octanol–water partition coefficient (Wildman–Crippen LogP) is 2.45. The molecular formula is C16H24N2O2. The maximum Gasteiger partial charge on any atom is 0.252 e. The molecule has 0 saturated heterocycles. The summed E-state index contributed by atoms with van der Waals surface area (Å²) in [7, 11) is 0. The second kappa shape index (κ2) is 5.52. The van der Waals surface area contributed by atoms with Gasteiger partial charge in [0, 0.05) is 18.9 Å². The quantitative estimate of drug-likeness (QED) is 0.891. The fraction of sp³-hybridized carbons (Fsp3) is 0.625. The lowest BCUT2D eigenvalue weighted by Crippen LogP contribution is -2.46. The summed E-state index contributed by atoms with van der Waals surface area (Å²) in [6, 6.07) is 1.80. The fourth-order valence-corrected chi connectivity index (χ4v) is 2.59. The lowest BCUT2D eigenvalue weighted by molar-refractivity contribution is -0.0233. The van der Waals surface area contributed by atoms with Crippen LogP contribution >= 0.6 is 0 Å². The highest BCUT2D eigenvalue weighted by atomic mass is 16.3. The van der Waals surface area contributed by atoms with Crippen molar-refractivity contribution in [2.75, 3.05) is 6.54 Å². The van der Waals surface area contributed by atoms with E-state index in [0.717, 1.165) is 31.2 Å². The number of amides is 1. The monoisotopic (exact) mass is 276 g/mol. The average Bonchev–Trinajstić information content (AvgIpc) is 2.40. The molecule has 1 aromatic heterocycles. The zero-order chi connectivity index (χ0) is 14.8. The molecule has 2 rings (SSSR count). The van der Waals surface area contributed by atoms with Crippen LogP contribution in [-0.4, -0.2) is 28.1 Å². The number of pyridine rings is 1. The Labute approximate surface area is 120 Å². The molecule has 1 amide bonds. The Morgan fingerprint density at radius 3 is 2.55 bits per heavy atom. The number of aryl methyl sites for hydroxylation is 1. The molecule has 1 aliphatic rings. The first-order valence-electron chi connectivity index (χ1n) is 7.22. The minimum absolute atomic E-state index is 0.167. The smallest absolute Gasteiger partial charge is 0.252 e. The molecule has 1 aromatic rings. The molecular weight excluding hydrogens is 252 g/mol. The molecule has 4 nitrogen and oxygen atoms in total. The minimum atomic E-state index is -0.761. The van der Waals surface area contributed by atoms with Gasteiger partial charge < -0.3 is 10.4 Å². The molecule has 0 bridgehead atoms. The number of carbonyl (C=O) groups is 1. The summed E-state index contributed by atoms with van der Waals surface area (Å²) >= 11 is 0. The van der Waals surface area contributed by atoms with Crippen molar-refractivity contribution in [3.63, 3.8) is 0 Å². The van der Waals surface area contributed by atoms with Gasteiger partial charge in [-0.15, -0.1) is 0 Å². The summed E-state index contributed by atoms with van der Waals surface area (Å²) in [6.07, 6.45) is 6.74. The van der Waals surface area contributed by atoms with Crippen molar-refractivity contribution >= 4 is 5.91 Å². The lowest BCUT2D eigenvalue weighted by Gasteiger charge is -2.40. The average molecular weight is 276 g/mol. The van der Waals surface area contributed by atoms with Crippen LogP contribution in [0.4, 0.5) is 0 Å². The summed E-state index contributed by atoms with van der Waals surface area (Å²) in [6.45, 7) is 6.67. The van der Waals surface area contributed by atoms with Crippen LogP contribution in [0.25, 0.3) is 0 Å². The summed E-state index contributed by atoms with van der Waals surface area (Å²) in [5.74, 6) is -0.167. The van der Waals surface area contributed by atoms with E-state index in [4.69, 9.17) is 0 Å². The predicted molar refractivity (Wildman–Crippen MR) is 78.5 cm³/mol.